The molecule has 2 unspecified atom stereocenters. The first-order chi connectivity index (χ1) is 10.1. The number of nitrogens with one attached hydrogen (secondary N) is 2. The van der Waals surface area contributed by atoms with Gasteiger partial charge in [0.05, 0.1) is 0 Å². The minimum absolute atomic E-state index is 0.102. The van der Waals surface area contributed by atoms with E-state index in [1.165, 1.54) is 0 Å². The van der Waals surface area contributed by atoms with E-state index < -0.39 is 0 Å². The quantitative estimate of drug-likeness (QED) is 0.583. The zero-order valence-electron chi connectivity index (χ0n) is 12.7. The third kappa shape index (κ3) is 3.31. The summed E-state index contributed by atoms with van der Waals surface area (Å²) in [5.41, 5.74) is 2.93. The van der Waals surface area contributed by atoms with E-state index in [0.717, 1.165) is 17.2 Å². The molecular formula is C16H22N4O. The van der Waals surface area contributed by atoms with Crippen molar-refractivity contribution in [3.8, 4) is 0 Å². The summed E-state index contributed by atoms with van der Waals surface area (Å²) >= 11 is 0. The van der Waals surface area contributed by atoms with Crippen LogP contribution < -0.4 is 16.6 Å². The van der Waals surface area contributed by atoms with Crippen molar-refractivity contribution in [2.45, 2.75) is 33.2 Å². The number of fused-ring (bicyclic) bond motifs is 1. The van der Waals surface area contributed by atoms with E-state index in [4.69, 9.17) is 5.84 Å². The lowest BCUT2D eigenvalue weighted by atomic mass is 10.0. The summed E-state index contributed by atoms with van der Waals surface area (Å²) in [4.78, 5) is 16.7. The molecular weight excluding hydrogens is 264 g/mol. The van der Waals surface area contributed by atoms with Crippen LogP contribution in [0.1, 0.15) is 37.7 Å². The lowest BCUT2D eigenvalue weighted by Gasteiger charge is -2.20. The number of hydrazine groups is 1. The van der Waals surface area contributed by atoms with E-state index in [-0.39, 0.29) is 11.9 Å². The van der Waals surface area contributed by atoms with Crippen molar-refractivity contribution >= 4 is 22.5 Å². The van der Waals surface area contributed by atoms with Crippen LogP contribution in [-0.2, 0) is 0 Å². The third-order valence-electron chi connectivity index (χ3n) is 3.97. The van der Waals surface area contributed by atoms with E-state index in [1.807, 2.05) is 31.2 Å². The van der Waals surface area contributed by atoms with Gasteiger partial charge in [0.15, 0.2) is 0 Å². The Labute approximate surface area is 124 Å². The van der Waals surface area contributed by atoms with Gasteiger partial charge in [-0.15, -0.1) is 0 Å². The second-order valence-electron chi connectivity index (χ2n) is 5.37. The molecule has 5 heteroatoms. The molecule has 4 N–H and O–H groups in total. The van der Waals surface area contributed by atoms with Crippen molar-refractivity contribution < 1.29 is 4.79 Å². The van der Waals surface area contributed by atoms with Crippen LogP contribution in [0.15, 0.2) is 30.3 Å². The van der Waals surface area contributed by atoms with Crippen LogP contribution in [0.2, 0.25) is 0 Å². The fourth-order valence-corrected chi connectivity index (χ4v) is 2.20. The predicted molar refractivity (Wildman–Crippen MR) is 85.9 cm³/mol. The molecule has 1 amide bonds. The zero-order chi connectivity index (χ0) is 15.4. The molecule has 0 aliphatic carbocycles. The maximum atomic E-state index is 12.3. The third-order valence-corrected chi connectivity index (χ3v) is 3.97. The second kappa shape index (κ2) is 6.54. The molecule has 1 aromatic carbocycles. The highest BCUT2D eigenvalue weighted by Crippen LogP contribution is 2.22. The molecule has 112 valence electrons. The molecule has 0 fully saturated rings. The lowest BCUT2D eigenvalue weighted by Crippen LogP contribution is -2.37. The molecule has 0 saturated heterocycles. The SMILES string of the molecule is CCC(C)C(C)NC(=O)c1cc2ccccc2c(NN)n1. The number of nitrogens with two attached hydrogens (primary N) is 1. The van der Waals surface area contributed by atoms with Crippen LogP contribution in [0.25, 0.3) is 10.8 Å². The highest BCUT2D eigenvalue weighted by atomic mass is 16.1. The molecule has 2 aromatic rings. The Morgan fingerprint density at radius 1 is 1.33 bits per heavy atom. The number of nitrogens with zero attached hydrogens (tertiary/aromatic N) is 1. The summed E-state index contributed by atoms with van der Waals surface area (Å²) in [5.74, 6) is 6.26. The monoisotopic (exact) mass is 286 g/mol. The van der Waals surface area contributed by atoms with E-state index in [0.29, 0.717) is 17.4 Å². The molecule has 21 heavy (non-hydrogen) atoms. The van der Waals surface area contributed by atoms with Gasteiger partial charge in [0.25, 0.3) is 5.91 Å². The normalized spacial score (nSPS) is 13.7. The molecule has 1 heterocycles. The first kappa shape index (κ1) is 15.3. The Morgan fingerprint density at radius 3 is 2.71 bits per heavy atom. The van der Waals surface area contributed by atoms with Gasteiger partial charge in [0.2, 0.25) is 0 Å². The van der Waals surface area contributed by atoms with E-state index in [1.54, 1.807) is 6.07 Å². The number of aromatic nitrogens is 1. The van der Waals surface area contributed by atoms with Crippen molar-refractivity contribution in [2.75, 3.05) is 5.43 Å². The number of nitrogen functional groups attached to an aromatic ring is 1. The smallest absolute Gasteiger partial charge is 0.270 e. The van der Waals surface area contributed by atoms with Crippen molar-refractivity contribution in [1.29, 1.82) is 0 Å². The molecule has 2 atom stereocenters. The van der Waals surface area contributed by atoms with Gasteiger partial charge in [-0.2, -0.15) is 0 Å². The minimum Gasteiger partial charge on any atom is -0.348 e. The summed E-state index contributed by atoms with van der Waals surface area (Å²) in [6.45, 7) is 6.24. The Balaban J connectivity index is 2.31. The number of hydrogen-bond acceptors (Lipinski definition) is 4. The van der Waals surface area contributed by atoms with Crippen molar-refractivity contribution in [3.05, 3.63) is 36.0 Å². The maximum Gasteiger partial charge on any atom is 0.270 e. The Bertz CT molecular complexity index is 641. The van der Waals surface area contributed by atoms with Crippen molar-refractivity contribution in [1.82, 2.24) is 10.3 Å². The van der Waals surface area contributed by atoms with Crippen LogP contribution in [0.5, 0.6) is 0 Å². The van der Waals surface area contributed by atoms with Crippen LogP contribution in [0.4, 0.5) is 5.82 Å². The van der Waals surface area contributed by atoms with Gasteiger partial charge >= 0.3 is 0 Å². The molecule has 2 rings (SSSR count). The zero-order valence-corrected chi connectivity index (χ0v) is 12.7. The average molecular weight is 286 g/mol. The number of amides is 1. The number of carbonyl (C=O) groups excluding carboxylic acids is 1. The first-order valence-electron chi connectivity index (χ1n) is 7.24. The molecule has 0 spiro atoms. The Kier molecular flexibility index (Phi) is 4.75. The van der Waals surface area contributed by atoms with Gasteiger partial charge in [-0.1, -0.05) is 44.5 Å². The highest BCUT2D eigenvalue weighted by molar-refractivity contribution is 6.00. The summed E-state index contributed by atoms with van der Waals surface area (Å²) in [5, 5.41) is 4.82. The molecule has 5 nitrogen and oxygen atoms in total. The first-order valence-corrected chi connectivity index (χ1v) is 7.24. The number of benzene rings is 1. The van der Waals surface area contributed by atoms with Crippen molar-refractivity contribution in [2.24, 2.45) is 11.8 Å². The number of carbonyl (C=O) groups is 1. The number of anilines is 1. The van der Waals surface area contributed by atoms with Gasteiger partial charge in [-0.05, 0) is 24.3 Å². The van der Waals surface area contributed by atoms with Crippen LogP contribution in [0, 0.1) is 5.92 Å². The van der Waals surface area contributed by atoms with Crippen LogP contribution in [-0.4, -0.2) is 16.9 Å². The molecule has 0 bridgehead atoms. The lowest BCUT2D eigenvalue weighted by molar-refractivity contribution is 0.0923. The van der Waals surface area contributed by atoms with Gasteiger partial charge in [0.1, 0.15) is 11.5 Å². The maximum absolute atomic E-state index is 12.3. The topological polar surface area (TPSA) is 80.0 Å². The average Bonchev–Trinajstić information content (AvgIpc) is 2.52. The summed E-state index contributed by atoms with van der Waals surface area (Å²) in [6, 6.07) is 9.58. The standard InChI is InChI=1S/C16H22N4O/c1-4-10(2)11(3)18-16(21)14-9-12-7-5-6-8-13(12)15(19-14)20-17/h5-11H,4,17H2,1-3H3,(H,18,21)(H,19,20). The van der Waals surface area contributed by atoms with Gasteiger partial charge in [-0.25, -0.2) is 10.8 Å². The summed E-state index contributed by atoms with van der Waals surface area (Å²) in [7, 11) is 0. The van der Waals surface area contributed by atoms with Crippen LogP contribution in [0.3, 0.4) is 0 Å². The second-order valence-corrected chi connectivity index (χ2v) is 5.37. The summed E-state index contributed by atoms with van der Waals surface area (Å²) in [6.07, 6.45) is 1.02. The fraction of sp³-hybridized carbons (Fsp3) is 0.375. The summed E-state index contributed by atoms with van der Waals surface area (Å²) < 4.78 is 0. The number of hydrogen-bond donors (Lipinski definition) is 3. The minimum atomic E-state index is -0.176. The molecule has 0 aliphatic heterocycles. The Morgan fingerprint density at radius 2 is 2.05 bits per heavy atom. The van der Waals surface area contributed by atoms with E-state index in [9.17, 15) is 4.79 Å². The van der Waals surface area contributed by atoms with E-state index in [2.05, 4.69) is 29.6 Å². The molecule has 0 aliphatic rings. The predicted octanol–water partition coefficient (Wildman–Crippen LogP) is 2.68. The molecule has 0 radical (unpaired) electrons. The van der Waals surface area contributed by atoms with Gasteiger partial charge in [-0.3, -0.25) is 4.79 Å². The van der Waals surface area contributed by atoms with Crippen LogP contribution >= 0.6 is 0 Å². The highest BCUT2D eigenvalue weighted by Gasteiger charge is 2.16. The number of rotatable bonds is 5. The fourth-order valence-electron chi connectivity index (χ4n) is 2.20. The van der Waals surface area contributed by atoms with Gasteiger partial charge < -0.3 is 10.7 Å². The Hall–Kier alpha value is -2.14. The molecule has 0 saturated carbocycles. The van der Waals surface area contributed by atoms with E-state index >= 15 is 0 Å². The number of pyridine rings is 1. The largest absolute Gasteiger partial charge is 0.348 e. The van der Waals surface area contributed by atoms with Gasteiger partial charge in [0, 0.05) is 11.4 Å². The van der Waals surface area contributed by atoms with Crippen molar-refractivity contribution in [3.63, 3.8) is 0 Å². The molecule has 1 aromatic heterocycles.